The van der Waals surface area contributed by atoms with Crippen LogP contribution in [-0.2, 0) is 9.53 Å². The van der Waals surface area contributed by atoms with Gasteiger partial charge in [-0.05, 0) is 63.6 Å². The number of carbonyl (C=O) groups excluding carboxylic acids is 2. The van der Waals surface area contributed by atoms with E-state index in [4.69, 9.17) is 16.3 Å². The molecule has 6 nitrogen and oxygen atoms in total. The SMILES string of the molecule is Cc1ccc(NC(=O)C(C)OC(=O)c2c(C)nn(-c3ccc(F)cc3)c2Cl)c(C)c1. The number of aryl methyl sites for hydroxylation is 3. The van der Waals surface area contributed by atoms with Crippen molar-refractivity contribution in [3.05, 3.63) is 75.8 Å². The lowest BCUT2D eigenvalue weighted by Crippen LogP contribution is -2.30. The highest BCUT2D eigenvalue weighted by atomic mass is 35.5. The number of nitrogens with zero attached hydrogens (tertiary/aromatic N) is 2. The first-order valence-corrected chi connectivity index (χ1v) is 9.65. The third-order valence-electron chi connectivity index (χ3n) is 4.57. The minimum absolute atomic E-state index is 0.0195. The van der Waals surface area contributed by atoms with Crippen LogP contribution in [0.2, 0.25) is 5.15 Å². The average Bonchev–Trinajstić information content (AvgIpc) is 2.98. The number of hydrogen-bond acceptors (Lipinski definition) is 4. The van der Waals surface area contributed by atoms with Crippen molar-refractivity contribution in [1.29, 1.82) is 0 Å². The normalized spacial score (nSPS) is 11.8. The number of halogens is 2. The summed E-state index contributed by atoms with van der Waals surface area (Å²) in [5, 5.41) is 7.01. The fourth-order valence-electron chi connectivity index (χ4n) is 2.95. The van der Waals surface area contributed by atoms with Crippen molar-refractivity contribution >= 4 is 29.2 Å². The summed E-state index contributed by atoms with van der Waals surface area (Å²) in [5.74, 6) is -1.63. The molecular formula is C22H21ClFN3O3. The molecule has 1 heterocycles. The van der Waals surface area contributed by atoms with E-state index in [1.807, 2.05) is 26.0 Å². The highest BCUT2D eigenvalue weighted by molar-refractivity contribution is 6.33. The molecule has 1 N–H and O–H groups in total. The lowest BCUT2D eigenvalue weighted by atomic mass is 10.1. The Morgan fingerprint density at radius 1 is 1.13 bits per heavy atom. The number of hydrogen-bond donors (Lipinski definition) is 1. The van der Waals surface area contributed by atoms with E-state index in [-0.39, 0.29) is 10.7 Å². The van der Waals surface area contributed by atoms with Crippen LogP contribution in [0.1, 0.15) is 34.1 Å². The van der Waals surface area contributed by atoms with Gasteiger partial charge in [-0.15, -0.1) is 0 Å². The van der Waals surface area contributed by atoms with E-state index in [0.717, 1.165) is 11.1 Å². The Balaban J connectivity index is 1.75. The summed E-state index contributed by atoms with van der Waals surface area (Å²) in [6.45, 7) is 6.92. The van der Waals surface area contributed by atoms with E-state index >= 15 is 0 Å². The van der Waals surface area contributed by atoms with Gasteiger partial charge in [-0.1, -0.05) is 29.3 Å². The number of nitrogens with one attached hydrogen (secondary N) is 1. The van der Waals surface area contributed by atoms with Crippen molar-refractivity contribution < 1.29 is 18.7 Å². The van der Waals surface area contributed by atoms with Crippen molar-refractivity contribution in [2.75, 3.05) is 5.32 Å². The number of carbonyl (C=O) groups is 2. The lowest BCUT2D eigenvalue weighted by molar-refractivity contribution is -0.123. The molecule has 0 saturated heterocycles. The van der Waals surface area contributed by atoms with E-state index in [2.05, 4.69) is 10.4 Å². The Labute approximate surface area is 178 Å². The van der Waals surface area contributed by atoms with Gasteiger partial charge in [0.05, 0.1) is 11.4 Å². The molecule has 0 aliphatic heterocycles. The molecule has 1 aromatic heterocycles. The van der Waals surface area contributed by atoms with Crippen molar-refractivity contribution in [2.24, 2.45) is 0 Å². The van der Waals surface area contributed by atoms with Gasteiger partial charge in [-0.2, -0.15) is 5.10 Å². The maximum atomic E-state index is 13.2. The Morgan fingerprint density at radius 3 is 2.43 bits per heavy atom. The van der Waals surface area contributed by atoms with E-state index in [9.17, 15) is 14.0 Å². The maximum Gasteiger partial charge on any atom is 0.344 e. The van der Waals surface area contributed by atoms with Crippen molar-refractivity contribution in [3.63, 3.8) is 0 Å². The molecule has 1 atom stereocenters. The average molecular weight is 430 g/mol. The maximum absolute atomic E-state index is 13.2. The summed E-state index contributed by atoms with van der Waals surface area (Å²) in [7, 11) is 0. The molecule has 30 heavy (non-hydrogen) atoms. The molecule has 0 spiro atoms. The van der Waals surface area contributed by atoms with Gasteiger partial charge >= 0.3 is 5.97 Å². The first-order valence-electron chi connectivity index (χ1n) is 9.27. The molecule has 0 aliphatic carbocycles. The topological polar surface area (TPSA) is 73.2 Å². The molecule has 1 unspecified atom stereocenters. The molecule has 0 saturated carbocycles. The zero-order valence-electron chi connectivity index (χ0n) is 17.0. The monoisotopic (exact) mass is 429 g/mol. The van der Waals surface area contributed by atoms with Crippen LogP contribution >= 0.6 is 11.6 Å². The molecule has 0 bridgehead atoms. The molecule has 156 valence electrons. The fraction of sp³-hybridized carbons (Fsp3) is 0.227. The largest absolute Gasteiger partial charge is 0.449 e. The number of rotatable bonds is 5. The van der Waals surface area contributed by atoms with Gasteiger partial charge in [0.1, 0.15) is 16.5 Å². The van der Waals surface area contributed by atoms with Crippen molar-refractivity contribution in [3.8, 4) is 5.69 Å². The number of anilines is 1. The third-order valence-corrected chi connectivity index (χ3v) is 4.92. The molecule has 0 aliphatic rings. The van der Waals surface area contributed by atoms with Crippen LogP contribution in [0.4, 0.5) is 10.1 Å². The zero-order valence-corrected chi connectivity index (χ0v) is 17.7. The number of benzene rings is 2. The van der Waals surface area contributed by atoms with Crippen molar-refractivity contribution in [1.82, 2.24) is 9.78 Å². The molecule has 8 heteroatoms. The van der Waals surface area contributed by atoms with Crippen LogP contribution in [0.25, 0.3) is 5.69 Å². The van der Waals surface area contributed by atoms with Crippen LogP contribution in [0.3, 0.4) is 0 Å². The summed E-state index contributed by atoms with van der Waals surface area (Å²) >= 11 is 6.33. The van der Waals surface area contributed by atoms with Gasteiger partial charge in [-0.3, -0.25) is 4.79 Å². The van der Waals surface area contributed by atoms with Crippen LogP contribution in [-0.4, -0.2) is 27.8 Å². The second-order valence-corrected chi connectivity index (χ2v) is 7.35. The van der Waals surface area contributed by atoms with Crippen LogP contribution in [0.15, 0.2) is 42.5 Å². The van der Waals surface area contributed by atoms with Crippen molar-refractivity contribution in [2.45, 2.75) is 33.8 Å². The minimum Gasteiger partial charge on any atom is -0.449 e. The lowest BCUT2D eigenvalue weighted by Gasteiger charge is -2.15. The summed E-state index contributed by atoms with van der Waals surface area (Å²) in [6, 6.07) is 11.1. The molecule has 1 amide bonds. The smallest absolute Gasteiger partial charge is 0.344 e. The summed E-state index contributed by atoms with van der Waals surface area (Å²) < 4.78 is 19.8. The van der Waals surface area contributed by atoms with Gasteiger partial charge in [0, 0.05) is 5.69 Å². The van der Waals surface area contributed by atoms with E-state index in [1.165, 1.54) is 35.9 Å². The Morgan fingerprint density at radius 2 is 1.80 bits per heavy atom. The van der Waals surface area contributed by atoms with Gasteiger partial charge in [0.15, 0.2) is 6.10 Å². The van der Waals surface area contributed by atoms with Gasteiger partial charge in [-0.25, -0.2) is 13.9 Å². The van der Waals surface area contributed by atoms with E-state index < -0.39 is 23.8 Å². The van der Waals surface area contributed by atoms with Gasteiger partial charge < -0.3 is 10.1 Å². The second kappa shape index (κ2) is 8.67. The molecule has 3 aromatic rings. The predicted octanol–water partition coefficient (Wildman–Crippen LogP) is 4.77. The standard InChI is InChI=1S/C22H21ClFN3O3/c1-12-5-10-18(13(2)11-12)25-21(28)15(4)30-22(29)19-14(3)26-27(20(19)23)17-8-6-16(24)7-9-17/h5-11,15H,1-4H3,(H,25,28). The number of aromatic nitrogens is 2. The highest BCUT2D eigenvalue weighted by Gasteiger charge is 2.26. The molecule has 3 rings (SSSR count). The van der Waals surface area contributed by atoms with Crippen LogP contribution in [0.5, 0.6) is 0 Å². The van der Waals surface area contributed by atoms with Crippen LogP contribution < -0.4 is 5.32 Å². The first-order chi connectivity index (χ1) is 14.2. The Kier molecular flexibility index (Phi) is 6.22. The van der Waals surface area contributed by atoms with Gasteiger partial charge in [0.25, 0.3) is 5.91 Å². The predicted molar refractivity (Wildman–Crippen MR) is 113 cm³/mol. The Hall–Kier alpha value is -3.19. The minimum atomic E-state index is -1.05. The number of esters is 1. The molecule has 0 fully saturated rings. The number of amides is 1. The first kappa shape index (κ1) is 21.5. The quantitative estimate of drug-likeness (QED) is 0.593. The van der Waals surface area contributed by atoms with Gasteiger partial charge in [0.2, 0.25) is 0 Å². The Bertz CT molecular complexity index is 1110. The third kappa shape index (κ3) is 4.52. The second-order valence-electron chi connectivity index (χ2n) is 6.99. The highest BCUT2D eigenvalue weighted by Crippen LogP contribution is 2.25. The van der Waals surface area contributed by atoms with E-state index in [1.54, 1.807) is 13.0 Å². The summed E-state index contributed by atoms with van der Waals surface area (Å²) in [4.78, 5) is 25.1. The molecular weight excluding hydrogens is 409 g/mol. The number of ether oxygens (including phenoxy) is 1. The molecule has 0 radical (unpaired) electrons. The van der Waals surface area contributed by atoms with E-state index in [0.29, 0.717) is 17.1 Å². The fourth-order valence-corrected chi connectivity index (χ4v) is 3.29. The molecule has 2 aromatic carbocycles. The van der Waals surface area contributed by atoms with Crippen LogP contribution in [0, 0.1) is 26.6 Å². The zero-order chi connectivity index (χ0) is 22.0. The summed E-state index contributed by atoms with van der Waals surface area (Å²) in [5.41, 5.74) is 3.49. The summed E-state index contributed by atoms with van der Waals surface area (Å²) in [6.07, 6.45) is -1.05.